The first kappa shape index (κ1) is 13.8. The van der Waals surface area contributed by atoms with E-state index in [0.29, 0.717) is 5.92 Å². The van der Waals surface area contributed by atoms with E-state index < -0.39 is 9.84 Å². The Labute approximate surface area is 114 Å². The van der Waals surface area contributed by atoms with Crippen LogP contribution in [-0.2, 0) is 22.6 Å². The molecule has 0 atom stereocenters. The molecule has 102 valence electrons. The lowest BCUT2D eigenvalue weighted by molar-refractivity contribution is 0.578. The van der Waals surface area contributed by atoms with Crippen molar-refractivity contribution in [1.82, 2.24) is 9.55 Å². The molecule has 19 heavy (non-hydrogen) atoms. The SMILES string of the molecule is CC(C)c1ccc(CS(=O)(=O)c2nccn2C)cc1. The molecule has 1 aromatic carbocycles. The Balaban J connectivity index is 2.24. The number of rotatable bonds is 4. The molecule has 0 bridgehead atoms. The average Bonchev–Trinajstić information content (AvgIpc) is 2.76. The zero-order valence-corrected chi connectivity index (χ0v) is 12.2. The third kappa shape index (κ3) is 3.04. The molecular formula is C14H18N2O2S. The van der Waals surface area contributed by atoms with E-state index in [4.69, 9.17) is 0 Å². The third-order valence-electron chi connectivity index (χ3n) is 3.06. The lowest BCUT2D eigenvalue weighted by Crippen LogP contribution is -2.10. The van der Waals surface area contributed by atoms with Gasteiger partial charge in [-0.15, -0.1) is 0 Å². The van der Waals surface area contributed by atoms with Gasteiger partial charge in [0.15, 0.2) is 0 Å². The zero-order valence-electron chi connectivity index (χ0n) is 11.4. The number of nitrogens with zero attached hydrogens (tertiary/aromatic N) is 2. The van der Waals surface area contributed by atoms with Gasteiger partial charge in [-0.2, -0.15) is 0 Å². The van der Waals surface area contributed by atoms with Crippen molar-refractivity contribution in [2.45, 2.75) is 30.7 Å². The number of sulfone groups is 1. The minimum absolute atomic E-state index is 0.0176. The predicted octanol–water partition coefficient (Wildman–Crippen LogP) is 2.52. The molecular weight excluding hydrogens is 260 g/mol. The van der Waals surface area contributed by atoms with Crippen LogP contribution in [0.1, 0.15) is 30.9 Å². The van der Waals surface area contributed by atoms with Crippen LogP contribution in [0.5, 0.6) is 0 Å². The molecule has 0 aliphatic rings. The summed E-state index contributed by atoms with van der Waals surface area (Å²) in [4.78, 5) is 3.90. The van der Waals surface area contributed by atoms with E-state index >= 15 is 0 Å². The van der Waals surface area contributed by atoms with Gasteiger partial charge in [0.2, 0.25) is 15.0 Å². The van der Waals surface area contributed by atoms with Crippen LogP contribution in [-0.4, -0.2) is 18.0 Å². The van der Waals surface area contributed by atoms with E-state index in [1.807, 2.05) is 24.3 Å². The number of hydrogen-bond acceptors (Lipinski definition) is 3. The van der Waals surface area contributed by atoms with Crippen LogP contribution in [0.2, 0.25) is 0 Å². The molecule has 0 saturated carbocycles. The second-order valence-electron chi connectivity index (χ2n) is 4.98. The first-order valence-corrected chi connectivity index (χ1v) is 7.84. The maximum atomic E-state index is 12.2. The highest BCUT2D eigenvalue weighted by molar-refractivity contribution is 7.90. The molecule has 0 saturated heterocycles. The van der Waals surface area contributed by atoms with Gasteiger partial charge in [0.25, 0.3) is 0 Å². The van der Waals surface area contributed by atoms with E-state index in [1.54, 1.807) is 13.2 Å². The average molecular weight is 278 g/mol. The minimum Gasteiger partial charge on any atom is -0.325 e. The zero-order chi connectivity index (χ0) is 14.0. The van der Waals surface area contributed by atoms with Crippen molar-refractivity contribution >= 4 is 9.84 Å². The molecule has 0 fully saturated rings. The van der Waals surface area contributed by atoms with E-state index in [-0.39, 0.29) is 10.9 Å². The van der Waals surface area contributed by atoms with Crippen molar-refractivity contribution in [2.75, 3.05) is 0 Å². The van der Waals surface area contributed by atoms with E-state index in [9.17, 15) is 8.42 Å². The smallest absolute Gasteiger partial charge is 0.227 e. The van der Waals surface area contributed by atoms with E-state index in [1.165, 1.54) is 16.3 Å². The summed E-state index contributed by atoms with van der Waals surface area (Å²) in [5.41, 5.74) is 1.99. The summed E-state index contributed by atoms with van der Waals surface area (Å²) in [5, 5.41) is 0.112. The molecule has 1 aromatic heterocycles. The number of benzene rings is 1. The summed E-state index contributed by atoms with van der Waals surface area (Å²) < 4.78 is 26.0. The van der Waals surface area contributed by atoms with Gasteiger partial charge in [-0.3, -0.25) is 0 Å². The highest BCUT2D eigenvalue weighted by atomic mass is 32.2. The maximum absolute atomic E-state index is 12.2. The standard InChI is InChI=1S/C14H18N2O2S/c1-11(2)13-6-4-12(5-7-13)10-19(17,18)14-15-8-9-16(14)3/h4-9,11H,10H2,1-3H3. The number of imidazole rings is 1. The first-order chi connectivity index (χ1) is 8.90. The van der Waals surface area contributed by atoms with Gasteiger partial charge in [-0.25, -0.2) is 13.4 Å². The minimum atomic E-state index is -3.38. The van der Waals surface area contributed by atoms with Crippen LogP contribution in [0.4, 0.5) is 0 Å². The Bertz CT molecular complexity index is 655. The second kappa shape index (κ2) is 5.17. The first-order valence-electron chi connectivity index (χ1n) is 6.19. The predicted molar refractivity (Wildman–Crippen MR) is 74.6 cm³/mol. The Kier molecular flexibility index (Phi) is 3.75. The van der Waals surface area contributed by atoms with Crippen LogP contribution >= 0.6 is 0 Å². The molecule has 4 nitrogen and oxygen atoms in total. The fraction of sp³-hybridized carbons (Fsp3) is 0.357. The molecule has 0 aliphatic carbocycles. The van der Waals surface area contributed by atoms with Gasteiger partial charge in [0, 0.05) is 19.4 Å². The van der Waals surface area contributed by atoms with Gasteiger partial charge < -0.3 is 4.57 Å². The number of aryl methyl sites for hydroxylation is 1. The van der Waals surface area contributed by atoms with Gasteiger partial charge >= 0.3 is 0 Å². The van der Waals surface area contributed by atoms with Crippen molar-refractivity contribution < 1.29 is 8.42 Å². The molecule has 0 radical (unpaired) electrons. The summed E-state index contributed by atoms with van der Waals surface area (Å²) in [6, 6.07) is 7.70. The normalized spacial score (nSPS) is 12.0. The highest BCUT2D eigenvalue weighted by Gasteiger charge is 2.19. The van der Waals surface area contributed by atoms with Gasteiger partial charge in [-0.1, -0.05) is 38.1 Å². The summed E-state index contributed by atoms with van der Waals surface area (Å²) in [6.45, 7) is 4.22. The molecule has 0 amide bonds. The summed E-state index contributed by atoms with van der Waals surface area (Å²) in [7, 11) is -1.70. The van der Waals surface area contributed by atoms with Gasteiger partial charge in [-0.05, 0) is 17.0 Å². The monoisotopic (exact) mass is 278 g/mol. The summed E-state index contributed by atoms with van der Waals surface area (Å²) >= 11 is 0. The fourth-order valence-corrected chi connectivity index (χ4v) is 3.42. The lowest BCUT2D eigenvalue weighted by atomic mass is 10.0. The van der Waals surface area contributed by atoms with E-state index in [2.05, 4.69) is 18.8 Å². The van der Waals surface area contributed by atoms with Crippen molar-refractivity contribution in [1.29, 1.82) is 0 Å². The number of hydrogen-bond donors (Lipinski definition) is 0. The molecule has 5 heteroatoms. The quantitative estimate of drug-likeness (QED) is 0.863. The van der Waals surface area contributed by atoms with Crippen molar-refractivity contribution in [3.63, 3.8) is 0 Å². The van der Waals surface area contributed by atoms with Gasteiger partial charge in [0.05, 0.1) is 5.75 Å². The van der Waals surface area contributed by atoms with Crippen molar-refractivity contribution in [3.05, 3.63) is 47.8 Å². The summed E-state index contributed by atoms with van der Waals surface area (Å²) in [6.07, 6.45) is 3.13. The topological polar surface area (TPSA) is 52.0 Å². The molecule has 2 rings (SSSR count). The van der Waals surface area contributed by atoms with Gasteiger partial charge in [0.1, 0.15) is 0 Å². The maximum Gasteiger partial charge on any atom is 0.227 e. The molecule has 0 aliphatic heterocycles. The molecule has 1 heterocycles. The van der Waals surface area contributed by atoms with Crippen molar-refractivity contribution in [3.8, 4) is 0 Å². The molecule has 2 aromatic rings. The lowest BCUT2D eigenvalue weighted by Gasteiger charge is -2.07. The Morgan fingerprint density at radius 2 is 1.84 bits per heavy atom. The number of aromatic nitrogens is 2. The molecule has 0 N–H and O–H groups in total. The highest BCUT2D eigenvalue weighted by Crippen LogP contribution is 2.18. The largest absolute Gasteiger partial charge is 0.325 e. The van der Waals surface area contributed by atoms with Crippen molar-refractivity contribution in [2.24, 2.45) is 7.05 Å². The fourth-order valence-electron chi connectivity index (χ4n) is 1.93. The van der Waals surface area contributed by atoms with Crippen LogP contribution in [0.25, 0.3) is 0 Å². The summed E-state index contributed by atoms with van der Waals surface area (Å²) in [5.74, 6) is 0.427. The van der Waals surface area contributed by atoms with E-state index in [0.717, 1.165) is 5.56 Å². The van der Waals surface area contributed by atoms with Crippen LogP contribution in [0.15, 0.2) is 41.8 Å². The Morgan fingerprint density at radius 3 is 2.32 bits per heavy atom. The van der Waals surface area contributed by atoms with Crippen LogP contribution in [0.3, 0.4) is 0 Å². The third-order valence-corrected chi connectivity index (χ3v) is 4.72. The second-order valence-corrected chi connectivity index (χ2v) is 6.86. The van der Waals surface area contributed by atoms with Crippen LogP contribution < -0.4 is 0 Å². The Hall–Kier alpha value is -1.62. The molecule has 0 spiro atoms. The molecule has 0 unspecified atom stereocenters. The Morgan fingerprint density at radius 1 is 1.21 bits per heavy atom. The van der Waals surface area contributed by atoms with Crippen LogP contribution in [0, 0.1) is 0 Å².